The van der Waals surface area contributed by atoms with Crippen LogP contribution >= 0.6 is 0 Å². The normalized spacial score (nSPS) is 15.3. The Balaban J connectivity index is 0.764. The molecule has 5 N–H and O–H groups in total. The van der Waals surface area contributed by atoms with Crippen LogP contribution in [0.4, 0.5) is 22.0 Å². The molecule has 25 heteroatoms. The average molecular weight is 1100 g/mol. The van der Waals surface area contributed by atoms with Crippen LogP contribution in [0.1, 0.15) is 83.5 Å². The molecule has 3 aromatic carbocycles. The first-order valence-corrected chi connectivity index (χ1v) is 25.2. The lowest BCUT2D eigenvalue weighted by molar-refractivity contribution is -0.148. The summed E-state index contributed by atoms with van der Waals surface area (Å²) in [6.07, 6.45) is 0.548. The van der Waals surface area contributed by atoms with E-state index < -0.39 is 127 Å². The second kappa shape index (κ2) is 25.5. The number of ether oxygens (including phenoxy) is 5. The van der Waals surface area contributed by atoms with Gasteiger partial charge in [-0.1, -0.05) is 37.3 Å². The molecule has 0 radical (unpaired) electrons. The third kappa shape index (κ3) is 13.2. The molecule has 0 bridgehead atoms. The molecule has 0 saturated carbocycles. The number of esters is 2. The Labute approximate surface area is 447 Å². The van der Waals surface area contributed by atoms with Gasteiger partial charge in [0.1, 0.15) is 31.8 Å². The Bertz CT molecular complexity index is 3260. The Morgan fingerprint density at radius 2 is 1.49 bits per heavy atom. The van der Waals surface area contributed by atoms with Gasteiger partial charge in [-0.15, -0.1) is 0 Å². The lowest BCUT2D eigenvalue weighted by atomic mass is 9.81. The molecule has 5 amide bonds. The summed E-state index contributed by atoms with van der Waals surface area (Å²) in [5.41, 5.74) is 5.21. The molecule has 3 aliphatic rings. The highest BCUT2D eigenvalue weighted by molar-refractivity contribution is 5.94. The predicted octanol–water partition coefficient (Wildman–Crippen LogP) is 3.55. The van der Waals surface area contributed by atoms with Gasteiger partial charge in [-0.2, -0.15) is 8.78 Å². The molecule has 1 unspecified atom stereocenters. The van der Waals surface area contributed by atoms with E-state index in [1.165, 1.54) is 6.07 Å². The number of nitrogens with zero attached hydrogens (tertiary/aromatic N) is 2. The lowest BCUT2D eigenvalue weighted by Crippen LogP contribution is -2.52. The van der Waals surface area contributed by atoms with Crippen molar-refractivity contribution in [3.8, 4) is 17.1 Å². The monoisotopic (exact) mass is 1100 g/mol. The fourth-order valence-electron chi connectivity index (χ4n) is 9.61. The molecule has 8 rings (SSSR count). The van der Waals surface area contributed by atoms with Crippen molar-refractivity contribution in [3.05, 3.63) is 127 Å². The van der Waals surface area contributed by atoms with Crippen molar-refractivity contribution in [2.45, 2.75) is 83.5 Å². The minimum Gasteiger partial charge on any atom is -0.460 e. The van der Waals surface area contributed by atoms with Gasteiger partial charge in [-0.05, 0) is 60.1 Å². The number of nitrogens with one attached hydrogen (secondary N) is 5. The molecular weight excluding hydrogens is 1050 g/mol. The summed E-state index contributed by atoms with van der Waals surface area (Å²) in [5.74, 6) is -14.7. The van der Waals surface area contributed by atoms with Crippen LogP contribution in [-0.2, 0) is 78.5 Å². The highest BCUT2D eigenvalue weighted by Crippen LogP contribution is 2.45. The maximum Gasteiger partial charge on any atom is 0.313 e. The van der Waals surface area contributed by atoms with Gasteiger partial charge < -0.3 is 54.8 Å². The number of carbonyl (C=O) groups excluding carboxylic acids is 7. The topological polar surface area (TPSA) is 261 Å². The summed E-state index contributed by atoms with van der Waals surface area (Å²) >= 11 is 0. The van der Waals surface area contributed by atoms with Crippen molar-refractivity contribution in [1.82, 2.24) is 36.1 Å². The van der Waals surface area contributed by atoms with Gasteiger partial charge in [0.25, 0.3) is 5.56 Å². The number of rotatable bonds is 24. The largest absolute Gasteiger partial charge is 0.460 e. The molecule has 1 aliphatic carbocycles. The fraction of sp³-hybridized carbons (Fsp3) is 0.389. The van der Waals surface area contributed by atoms with E-state index in [1.54, 1.807) is 47.9 Å². The molecule has 2 aliphatic heterocycles. The molecule has 0 spiro atoms. The van der Waals surface area contributed by atoms with E-state index in [0.29, 0.717) is 74.9 Å². The molecule has 5 aromatic rings. The maximum absolute atomic E-state index is 15.3. The van der Waals surface area contributed by atoms with Crippen LogP contribution in [0.5, 0.6) is 5.75 Å². The number of halogens is 5. The quantitative estimate of drug-likeness (QED) is 0.0145. The van der Waals surface area contributed by atoms with Crippen LogP contribution < -0.4 is 36.9 Å². The number of hydrogen-bond donors (Lipinski definition) is 5. The van der Waals surface area contributed by atoms with Gasteiger partial charge in [-0.25, -0.2) is 18.2 Å². The minimum atomic E-state index is -1.87. The highest BCUT2D eigenvalue weighted by Gasteiger charge is 2.38. The second-order valence-corrected chi connectivity index (χ2v) is 18.7. The molecule has 0 saturated heterocycles. The first kappa shape index (κ1) is 57.0. The molecule has 3 atom stereocenters. The molecule has 4 heterocycles. The van der Waals surface area contributed by atoms with E-state index in [-0.39, 0.29) is 64.0 Å². The van der Waals surface area contributed by atoms with Gasteiger partial charge in [0.2, 0.25) is 46.9 Å². The first-order chi connectivity index (χ1) is 37.9. The number of fused-ring (bicyclic) bond motifs is 5. The SMILES string of the molecule is CCC1C(=O)OCc2c1cc1n(c2=O)Cc2c-1nc1cc(F)c(C)c3c1c2[C@@H](NC(=O)COCNC(=O)CNC(=O)[C@H](Cc1ccccc1)NC(=O)CNC(=O)CCOCCOCCC(=O)Oc1c(F)c(F)cc(F)c1F)CC3. The van der Waals surface area contributed by atoms with Crippen LogP contribution in [0.3, 0.4) is 0 Å². The van der Waals surface area contributed by atoms with E-state index >= 15 is 4.39 Å². The van der Waals surface area contributed by atoms with Crippen molar-refractivity contribution in [2.24, 2.45) is 0 Å². The molecule has 0 fully saturated rings. The number of carbonyl (C=O) groups is 7. The van der Waals surface area contributed by atoms with Crippen molar-refractivity contribution < 1.29 is 79.2 Å². The van der Waals surface area contributed by atoms with Crippen LogP contribution in [0.15, 0.2) is 53.3 Å². The van der Waals surface area contributed by atoms with Crippen LogP contribution in [0, 0.1) is 36.0 Å². The van der Waals surface area contributed by atoms with Gasteiger partial charge in [-0.3, -0.25) is 38.4 Å². The third-order valence-corrected chi connectivity index (χ3v) is 13.5. The van der Waals surface area contributed by atoms with Gasteiger partial charge in [0.05, 0.1) is 86.9 Å². The summed E-state index contributed by atoms with van der Waals surface area (Å²) in [6, 6.07) is 10.0. The van der Waals surface area contributed by atoms with E-state index in [1.807, 2.05) is 6.92 Å². The van der Waals surface area contributed by atoms with E-state index in [0.717, 1.165) is 5.56 Å². The van der Waals surface area contributed by atoms with E-state index in [2.05, 4.69) is 31.3 Å². The Hall–Kier alpha value is -8.16. The average Bonchev–Trinajstić information content (AvgIpc) is 3.68. The van der Waals surface area contributed by atoms with Gasteiger partial charge in [0, 0.05) is 35.9 Å². The Morgan fingerprint density at radius 1 is 0.785 bits per heavy atom. The number of cyclic esters (lactones) is 1. The molecule has 20 nitrogen and oxygen atoms in total. The van der Waals surface area contributed by atoms with Crippen molar-refractivity contribution in [3.63, 3.8) is 0 Å². The number of amides is 5. The van der Waals surface area contributed by atoms with Crippen molar-refractivity contribution in [2.75, 3.05) is 52.9 Å². The van der Waals surface area contributed by atoms with E-state index in [9.17, 15) is 55.9 Å². The molecule has 2 aromatic heterocycles. The second-order valence-electron chi connectivity index (χ2n) is 18.7. The van der Waals surface area contributed by atoms with Crippen LogP contribution in [-0.4, -0.2) is 110 Å². The first-order valence-electron chi connectivity index (χ1n) is 25.2. The Morgan fingerprint density at radius 3 is 2.22 bits per heavy atom. The highest BCUT2D eigenvalue weighted by atomic mass is 19.2. The summed E-state index contributed by atoms with van der Waals surface area (Å²) in [6.45, 7) is 0.998. The maximum atomic E-state index is 15.3. The van der Waals surface area contributed by atoms with Gasteiger partial charge in [0.15, 0.2) is 11.6 Å². The zero-order chi connectivity index (χ0) is 56.5. The fourth-order valence-corrected chi connectivity index (χ4v) is 9.61. The predicted molar refractivity (Wildman–Crippen MR) is 267 cm³/mol. The zero-order valence-corrected chi connectivity index (χ0v) is 42.8. The van der Waals surface area contributed by atoms with E-state index in [4.69, 9.17) is 23.9 Å². The lowest BCUT2D eigenvalue weighted by Gasteiger charge is -2.29. The summed E-state index contributed by atoms with van der Waals surface area (Å²) < 4.78 is 96.7. The number of benzene rings is 3. The molecular formula is C54H54F5N7O13. The van der Waals surface area contributed by atoms with Crippen molar-refractivity contribution >= 4 is 52.4 Å². The zero-order valence-electron chi connectivity index (χ0n) is 42.8. The van der Waals surface area contributed by atoms with Gasteiger partial charge >= 0.3 is 11.9 Å². The standard InChI is InChI=1S/C54H54F5N7O13/c1-3-29-31-18-40-50-32(23-66(40)53(73)33(31)24-78-54(29)74)47-37(10-9-30-27(2)34(55)20-38(65-50)46(30)47)63-44(70)25-77-26-62-42(68)21-61-52(72)39(17-28-7-5-4-6-8-28)64-43(69)22-60-41(67)11-13-75-15-16-76-14-12-45(71)79-51-48(58)35(56)19-36(57)49(51)59/h4-8,18-20,29,37,39H,3,9-17,21-26H2,1-2H3,(H,60,67)(H,61,72)(H,62,68)(H,63,70)(H,64,69)/t29?,37-,39-/m0/s1. The molecule has 79 heavy (non-hydrogen) atoms. The summed E-state index contributed by atoms with van der Waals surface area (Å²) in [7, 11) is 0. The number of hydrogen-bond acceptors (Lipinski definition) is 14. The minimum absolute atomic E-state index is 0.0224. The summed E-state index contributed by atoms with van der Waals surface area (Å²) in [5, 5.41) is 13.6. The van der Waals surface area contributed by atoms with Crippen LogP contribution in [0.2, 0.25) is 0 Å². The number of aryl methyl sites for hydroxylation is 1. The summed E-state index contributed by atoms with van der Waals surface area (Å²) in [4.78, 5) is 108. The smallest absolute Gasteiger partial charge is 0.313 e. The number of pyridine rings is 2. The van der Waals surface area contributed by atoms with Crippen molar-refractivity contribution in [1.29, 1.82) is 0 Å². The Kier molecular flexibility index (Phi) is 18.4. The molecule has 418 valence electrons. The number of aromatic nitrogens is 2. The third-order valence-electron chi connectivity index (χ3n) is 13.5. The van der Waals surface area contributed by atoms with Crippen LogP contribution in [0.25, 0.3) is 22.3 Å².